The van der Waals surface area contributed by atoms with Crippen LogP contribution in [0.3, 0.4) is 0 Å². The SMILES string of the molecule is CCN(c1nc(CO)cc2ccccc12)C1CC1. The molecule has 1 saturated carbocycles. The molecule has 1 heterocycles. The lowest BCUT2D eigenvalue weighted by Gasteiger charge is -2.23. The number of pyridine rings is 1. The van der Waals surface area contributed by atoms with Gasteiger partial charge in [-0.25, -0.2) is 4.98 Å². The van der Waals surface area contributed by atoms with Gasteiger partial charge in [-0.2, -0.15) is 0 Å². The Bertz CT molecular complexity index is 563. The molecule has 18 heavy (non-hydrogen) atoms. The second-order valence-corrected chi connectivity index (χ2v) is 4.83. The fourth-order valence-electron chi connectivity index (χ4n) is 2.50. The highest BCUT2D eigenvalue weighted by Crippen LogP contribution is 2.34. The van der Waals surface area contributed by atoms with Gasteiger partial charge in [-0.1, -0.05) is 24.3 Å². The summed E-state index contributed by atoms with van der Waals surface area (Å²) in [4.78, 5) is 6.99. The predicted octanol–water partition coefficient (Wildman–Crippen LogP) is 2.72. The molecule has 0 bridgehead atoms. The molecule has 0 atom stereocenters. The monoisotopic (exact) mass is 242 g/mol. The van der Waals surface area contributed by atoms with Crippen molar-refractivity contribution in [2.24, 2.45) is 0 Å². The van der Waals surface area contributed by atoms with E-state index in [2.05, 4.69) is 28.9 Å². The molecule has 0 spiro atoms. The van der Waals surface area contributed by atoms with Crippen LogP contribution >= 0.6 is 0 Å². The first-order valence-electron chi connectivity index (χ1n) is 6.59. The highest BCUT2D eigenvalue weighted by Gasteiger charge is 2.29. The van der Waals surface area contributed by atoms with Gasteiger partial charge in [-0.3, -0.25) is 0 Å². The number of aliphatic hydroxyl groups excluding tert-OH is 1. The number of aromatic nitrogens is 1. The Hall–Kier alpha value is -1.61. The number of nitrogens with zero attached hydrogens (tertiary/aromatic N) is 2. The minimum absolute atomic E-state index is 0.0000548. The molecule has 3 heteroatoms. The van der Waals surface area contributed by atoms with Crippen LogP contribution in [0.2, 0.25) is 0 Å². The number of hydrogen-bond acceptors (Lipinski definition) is 3. The first-order chi connectivity index (χ1) is 8.83. The molecule has 1 aromatic heterocycles. The summed E-state index contributed by atoms with van der Waals surface area (Å²) in [5, 5.41) is 11.7. The standard InChI is InChI=1S/C15H18N2O/c1-2-17(13-7-8-13)15-14-6-4-3-5-11(14)9-12(10-18)16-15/h3-6,9,13,18H,2,7-8,10H2,1H3. The quantitative estimate of drug-likeness (QED) is 0.895. The van der Waals surface area contributed by atoms with E-state index in [1.165, 1.54) is 18.2 Å². The fraction of sp³-hybridized carbons (Fsp3) is 0.400. The Morgan fingerprint density at radius 1 is 1.33 bits per heavy atom. The third-order valence-corrected chi connectivity index (χ3v) is 3.54. The van der Waals surface area contributed by atoms with Crippen LogP contribution in [0.4, 0.5) is 5.82 Å². The molecule has 1 N–H and O–H groups in total. The lowest BCUT2D eigenvalue weighted by molar-refractivity contribution is 0.277. The maximum atomic E-state index is 9.35. The lowest BCUT2D eigenvalue weighted by Crippen LogP contribution is -2.26. The molecule has 0 saturated heterocycles. The van der Waals surface area contributed by atoms with E-state index in [-0.39, 0.29) is 6.61 Å². The van der Waals surface area contributed by atoms with E-state index >= 15 is 0 Å². The zero-order valence-corrected chi connectivity index (χ0v) is 10.6. The second-order valence-electron chi connectivity index (χ2n) is 4.83. The number of rotatable bonds is 4. The van der Waals surface area contributed by atoms with Crippen LogP contribution in [0.5, 0.6) is 0 Å². The van der Waals surface area contributed by atoms with Crippen molar-refractivity contribution in [2.45, 2.75) is 32.4 Å². The van der Waals surface area contributed by atoms with Gasteiger partial charge in [-0.05, 0) is 31.2 Å². The van der Waals surface area contributed by atoms with Crippen LogP contribution in [0.1, 0.15) is 25.5 Å². The van der Waals surface area contributed by atoms with E-state index in [1.54, 1.807) is 0 Å². The molecule has 0 radical (unpaired) electrons. The van der Waals surface area contributed by atoms with Gasteiger partial charge < -0.3 is 10.0 Å². The molecule has 1 aliphatic rings. The number of anilines is 1. The molecule has 1 aromatic carbocycles. The van der Waals surface area contributed by atoms with Gasteiger partial charge in [0.15, 0.2) is 0 Å². The Balaban J connectivity index is 2.18. The van der Waals surface area contributed by atoms with Crippen molar-refractivity contribution >= 4 is 16.6 Å². The van der Waals surface area contributed by atoms with Crippen LogP contribution in [0, 0.1) is 0 Å². The molecule has 0 amide bonds. The van der Waals surface area contributed by atoms with Gasteiger partial charge in [-0.15, -0.1) is 0 Å². The summed E-state index contributed by atoms with van der Waals surface area (Å²) < 4.78 is 0. The molecule has 1 fully saturated rings. The molecule has 3 nitrogen and oxygen atoms in total. The van der Waals surface area contributed by atoms with E-state index < -0.39 is 0 Å². The van der Waals surface area contributed by atoms with E-state index in [1.807, 2.05) is 18.2 Å². The maximum absolute atomic E-state index is 9.35. The van der Waals surface area contributed by atoms with Crippen LogP contribution in [-0.2, 0) is 6.61 Å². The zero-order valence-electron chi connectivity index (χ0n) is 10.6. The summed E-state index contributed by atoms with van der Waals surface area (Å²) in [6, 6.07) is 10.9. The van der Waals surface area contributed by atoms with Gasteiger partial charge in [0, 0.05) is 18.0 Å². The van der Waals surface area contributed by atoms with Crippen molar-refractivity contribution in [3.8, 4) is 0 Å². The Morgan fingerprint density at radius 3 is 2.78 bits per heavy atom. The van der Waals surface area contributed by atoms with Gasteiger partial charge in [0.1, 0.15) is 5.82 Å². The zero-order chi connectivity index (χ0) is 12.5. The molecular weight excluding hydrogens is 224 g/mol. The topological polar surface area (TPSA) is 36.4 Å². The molecule has 94 valence electrons. The van der Waals surface area contributed by atoms with Crippen LogP contribution in [0.15, 0.2) is 30.3 Å². The molecule has 0 aliphatic heterocycles. The minimum atomic E-state index is 0.0000548. The van der Waals surface area contributed by atoms with E-state index in [9.17, 15) is 5.11 Å². The molecule has 0 unspecified atom stereocenters. The summed E-state index contributed by atoms with van der Waals surface area (Å²) in [6.45, 7) is 3.14. The number of aliphatic hydroxyl groups is 1. The Morgan fingerprint density at radius 2 is 2.11 bits per heavy atom. The summed E-state index contributed by atoms with van der Waals surface area (Å²) in [5.74, 6) is 1.03. The smallest absolute Gasteiger partial charge is 0.137 e. The van der Waals surface area contributed by atoms with Gasteiger partial charge in [0.05, 0.1) is 12.3 Å². The van der Waals surface area contributed by atoms with Crippen molar-refractivity contribution in [3.05, 3.63) is 36.0 Å². The summed E-state index contributed by atoms with van der Waals surface area (Å²) in [6.07, 6.45) is 2.51. The van der Waals surface area contributed by atoms with Crippen LogP contribution in [-0.4, -0.2) is 22.7 Å². The Kier molecular flexibility index (Phi) is 2.92. The van der Waals surface area contributed by atoms with Crippen molar-refractivity contribution in [1.82, 2.24) is 4.98 Å². The number of hydrogen-bond donors (Lipinski definition) is 1. The maximum Gasteiger partial charge on any atom is 0.137 e. The largest absolute Gasteiger partial charge is 0.390 e. The first-order valence-corrected chi connectivity index (χ1v) is 6.59. The highest BCUT2D eigenvalue weighted by atomic mass is 16.3. The molecule has 3 rings (SSSR count). The normalized spacial score (nSPS) is 15.0. The van der Waals surface area contributed by atoms with Gasteiger partial charge in [0.25, 0.3) is 0 Å². The number of fused-ring (bicyclic) bond motifs is 1. The van der Waals surface area contributed by atoms with Crippen LogP contribution in [0.25, 0.3) is 10.8 Å². The second kappa shape index (κ2) is 4.58. The van der Waals surface area contributed by atoms with E-state index in [0.29, 0.717) is 6.04 Å². The summed E-state index contributed by atoms with van der Waals surface area (Å²) >= 11 is 0. The summed E-state index contributed by atoms with van der Waals surface area (Å²) in [7, 11) is 0. The van der Waals surface area contributed by atoms with Crippen molar-refractivity contribution in [2.75, 3.05) is 11.4 Å². The number of benzene rings is 1. The average molecular weight is 242 g/mol. The summed E-state index contributed by atoms with van der Waals surface area (Å²) in [5.41, 5.74) is 0.753. The van der Waals surface area contributed by atoms with Gasteiger partial charge in [0.2, 0.25) is 0 Å². The van der Waals surface area contributed by atoms with Gasteiger partial charge >= 0.3 is 0 Å². The van der Waals surface area contributed by atoms with Crippen molar-refractivity contribution in [1.29, 1.82) is 0 Å². The third kappa shape index (κ3) is 1.95. The fourth-order valence-corrected chi connectivity index (χ4v) is 2.50. The third-order valence-electron chi connectivity index (χ3n) is 3.54. The van der Waals surface area contributed by atoms with Crippen LogP contribution < -0.4 is 4.90 Å². The predicted molar refractivity (Wildman–Crippen MR) is 73.7 cm³/mol. The lowest BCUT2D eigenvalue weighted by atomic mass is 10.1. The van der Waals surface area contributed by atoms with E-state index in [4.69, 9.17) is 0 Å². The molecule has 1 aliphatic carbocycles. The minimum Gasteiger partial charge on any atom is -0.390 e. The molecular formula is C15H18N2O. The van der Waals surface area contributed by atoms with Crippen molar-refractivity contribution < 1.29 is 5.11 Å². The van der Waals surface area contributed by atoms with Crippen molar-refractivity contribution in [3.63, 3.8) is 0 Å². The Labute approximate surface area is 107 Å². The highest BCUT2D eigenvalue weighted by molar-refractivity contribution is 5.92. The van der Waals surface area contributed by atoms with E-state index in [0.717, 1.165) is 23.4 Å². The molecule has 2 aromatic rings. The average Bonchev–Trinajstić information content (AvgIpc) is 3.24. The first kappa shape index (κ1) is 11.5.